The zero-order valence-electron chi connectivity index (χ0n) is 14.1. The first-order valence-electron chi connectivity index (χ1n) is 7.97. The van der Waals surface area contributed by atoms with Gasteiger partial charge in [-0.05, 0) is 23.8 Å². The molecule has 1 amide bonds. The van der Waals surface area contributed by atoms with Gasteiger partial charge >= 0.3 is 0 Å². The maximum absolute atomic E-state index is 11.2. The van der Waals surface area contributed by atoms with Gasteiger partial charge in [0.25, 0.3) is 0 Å². The Balaban J connectivity index is 1.85. The van der Waals surface area contributed by atoms with Crippen LogP contribution in [-0.2, 0) is 16.3 Å². The van der Waals surface area contributed by atoms with Gasteiger partial charge < -0.3 is 5.73 Å². The molecule has 0 aliphatic carbocycles. The van der Waals surface area contributed by atoms with Gasteiger partial charge in [0.05, 0.1) is 22.2 Å². The number of hydrogen-bond donors (Lipinski definition) is 1. The number of benzene rings is 2. The van der Waals surface area contributed by atoms with Crippen molar-refractivity contribution in [2.45, 2.75) is 16.7 Å². The monoisotopic (exact) mass is 482 g/mol. The molecule has 0 aliphatic rings. The molecule has 3 aromatic rings. The molecule has 0 atom stereocenters. The van der Waals surface area contributed by atoms with E-state index >= 15 is 0 Å². The maximum atomic E-state index is 11.2. The number of primary amides is 1. The predicted octanol–water partition coefficient (Wildman–Crippen LogP) is 4.69. The number of nitrogens with two attached hydrogens (primary N) is 1. The fourth-order valence-corrected chi connectivity index (χ4v) is 4.72. The van der Waals surface area contributed by atoms with E-state index in [0.29, 0.717) is 15.9 Å². The molecule has 2 aromatic carbocycles. The first-order chi connectivity index (χ1) is 13.0. The van der Waals surface area contributed by atoms with Crippen molar-refractivity contribution in [1.82, 2.24) is 14.8 Å². The second kappa shape index (κ2) is 9.64. The highest BCUT2D eigenvalue weighted by molar-refractivity contribution is 9.10. The molecule has 3 rings (SSSR count). The van der Waals surface area contributed by atoms with Crippen LogP contribution in [-0.4, -0.2) is 26.4 Å². The van der Waals surface area contributed by atoms with Gasteiger partial charge in [-0.25, -0.2) is 0 Å². The third-order valence-corrected chi connectivity index (χ3v) is 6.28. The van der Waals surface area contributed by atoms with Gasteiger partial charge in [-0.1, -0.05) is 69.6 Å². The minimum absolute atomic E-state index is 0.128. The molecule has 0 aliphatic heterocycles. The van der Waals surface area contributed by atoms with Crippen LogP contribution in [0.1, 0.15) is 11.4 Å². The summed E-state index contributed by atoms with van der Waals surface area (Å²) in [7, 11) is 0. The number of thioether (sulfide) groups is 2. The Morgan fingerprint density at radius 1 is 1.15 bits per heavy atom. The molecule has 0 unspecified atom stereocenters. The number of rotatable bonds is 8. The van der Waals surface area contributed by atoms with Crippen molar-refractivity contribution in [3.8, 4) is 5.69 Å². The van der Waals surface area contributed by atoms with Crippen molar-refractivity contribution >= 4 is 57.0 Å². The van der Waals surface area contributed by atoms with Crippen molar-refractivity contribution in [2.75, 3.05) is 5.75 Å². The minimum atomic E-state index is -0.406. The van der Waals surface area contributed by atoms with Crippen LogP contribution in [0.2, 0.25) is 5.02 Å². The van der Waals surface area contributed by atoms with Gasteiger partial charge in [0, 0.05) is 10.2 Å². The lowest BCUT2D eigenvalue weighted by atomic mass is 10.2. The zero-order valence-corrected chi connectivity index (χ0v) is 18.1. The van der Waals surface area contributed by atoms with E-state index in [1.807, 2.05) is 41.0 Å². The van der Waals surface area contributed by atoms with Gasteiger partial charge in [0.1, 0.15) is 5.82 Å². The minimum Gasteiger partial charge on any atom is -0.369 e. The lowest BCUT2D eigenvalue weighted by Gasteiger charge is -2.12. The largest absolute Gasteiger partial charge is 0.369 e. The van der Waals surface area contributed by atoms with E-state index in [2.05, 4.69) is 38.3 Å². The van der Waals surface area contributed by atoms with E-state index < -0.39 is 5.91 Å². The van der Waals surface area contributed by atoms with Crippen LogP contribution in [0.15, 0.2) is 58.2 Å². The Morgan fingerprint density at radius 3 is 2.63 bits per heavy atom. The highest BCUT2D eigenvalue weighted by Gasteiger charge is 2.17. The predicted molar refractivity (Wildman–Crippen MR) is 115 cm³/mol. The Labute approximate surface area is 179 Å². The molecule has 0 saturated heterocycles. The quantitative estimate of drug-likeness (QED) is 0.470. The van der Waals surface area contributed by atoms with E-state index in [-0.39, 0.29) is 5.75 Å². The average molecular weight is 484 g/mol. The third kappa shape index (κ3) is 5.51. The highest BCUT2D eigenvalue weighted by Crippen LogP contribution is 2.31. The molecule has 5 nitrogen and oxygen atoms in total. The summed E-state index contributed by atoms with van der Waals surface area (Å²) in [5.41, 5.74) is 7.30. The Kier molecular flexibility index (Phi) is 7.23. The van der Waals surface area contributed by atoms with Crippen LogP contribution < -0.4 is 5.73 Å². The fourth-order valence-electron chi connectivity index (χ4n) is 2.36. The van der Waals surface area contributed by atoms with Gasteiger partial charge in [-0.2, -0.15) is 0 Å². The van der Waals surface area contributed by atoms with Crippen molar-refractivity contribution < 1.29 is 4.79 Å². The molecular weight excluding hydrogens is 468 g/mol. The molecule has 0 radical (unpaired) electrons. The first kappa shape index (κ1) is 20.3. The molecule has 140 valence electrons. The number of carbonyl (C=O) groups excluding carboxylic acids is 1. The molecule has 0 fully saturated rings. The Morgan fingerprint density at radius 2 is 1.93 bits per heavy atom. The number of carbonyl (C=O) groups is 1. The van der Waals surface area contributed by atoms with E-state index in [9.17, 15) is 4.79 Å². The standard InChI is InChI=1S/C18H16BrClN4OS2/c19-13-6-7-15(14(20)8-13)24-17(22-23-18(24)27-10-16(21)25)11-26-9-12-4-2-1-3-5-12/h1-8H,9-11H2,(H2,21,25). The fraction of sp³-hybridized carbons (Fsp3) is 0.167. The van der Waals surface area contributed by atoms with Crippen molar-refractivity contribution in [3.63, 3.8) is 0 Å². The molecule has 2 N–H and O–H groups in total. The van der Waals surface area contributed by atoms with Crippen LogP contribution >= 0.6 is 51.1 Å². The summed E-state index contributed by atoms with van der Waals surface area (Å²) in [4.78, 5) is 11.2. The Bertz CT molecular complexity index is 936. The Hall–Kier alpha value is -1.48. The van der Waals surface area contributed by atoms with Crippen LogP contribution in [0.25, 0.3) is 5.69 Å². The highest BCUT2D eigenvalue weighted by atomic mass is 79.9. The molecule has 0 bridgehead atoms. The average Bonchev–Trinajstić information content (AvgIpc) is 3.03. The van der Waals surface area contributed by atoms with E-state index in [4.69, 9.17) is 17.3 Å². The lowest BCUT2D eigenvalue weighted by molar-refractivity contribution is -0.115. The molecule has 9 heteroatoms. The molecule has 0 spiro atoms. The van der Waals surface area contributed by atoms with Crippen LogP contribution in [0.4, 0.5) is 0 Å². The number of amides is 1. The number of aromatic nitrogens is 3. The third-order valence-electron chi connectivity index (χ3n) is 3.54. The van der Waals surface area contributed by atoms with Crippen LogP contribution in [0.3, 0.4) is 0 Å². The summed E-state index contributed by atoms with van der Waals surface area (Å²) in [6, 6.07) is 15.9. The van der Waals surface area contributed by atoms with E-state index in [0.717, 1.165) is 21.7 Å². The maximum Gasteiger partial charge on any atom is 0.227 e. The van der Waals surface area contributed by atoms with Gasteiger partial charge in [0.2, 0.25) is 5.91 Å². The van der Waals surface area contributed by atoms with Crippen LogP contribution in [0, 0.1) is 0 Å². The SMILES string of the molecule is NC(=O)CSc1nnc(CSCc2ccccc2)n1-c1ccc(Br)cc1Cl. The summed E-state index contributed by atoms with van der Waals surface area (Å²) < 4.78 is 2.77. The summed E-state index contributed by atoms with van der Waals surface area (Å²) in [6.07, 6.45) is 0. The molecule has 27 heavy (non-hydrogen) atoms. The summed E-state index contributed by atoms with van der Waals surface area (Å²) in [6.45, 7) is 0. The summed E-state index contributed by atoms with van der Waals surface area (Å²) >= 11 is 12.8. The lowest BCUT2D eigenvalue weighted by Crippen LogP contribution is -2.14. The number of hydrogen-bond acceptors (Lipinski definition) is 5. The number of halogens is 2. The topological polar surface area (TPSA) is 73.8 Å². The summed E-state index contributed by atoms with van der Waals surface area (Å²) in [5, 5.41) is 9.71. The normalized spacial score (nSPS) is 10.9. The first-order valence-corrected chi connectivity index (χ1v) is 11.3. The second-order valence-corrected chi connectivity index (χ2v) is 8.81. The molecule has 0 saturated carbocycles. The van der Waals surface area contributed by atoms with E-state index in [1.165, 1.54) is 17.3 Å². The van der Waals surface area contributed by atoms with Crippen LogP contribution in [0.5, 0.6) is 0 Å². The second-order valence-electron chi connectivity index (χ2n) is 5.56. The molecular formula is C18H16BrClN4OS2. The number of nitrogens with zero attached hydrogens (tertiary/aromatic N) is 3. The van der Waals surface area contributed by atoms with Crippen molar-refractivity contribution in [3.05, 3.63) is 69.4 Å². The van der Waals surface area contributed by atoms with Gasteiger partial charge in [0.15, 0.2) is 5.16 Å². The zero-order chi connectivity index (χ0) is 19.2. The van der Waals surface area contributed by atoms with Gasteiger partial charge in [-0.3, -0.25) is 9.36 Å². The smallest absolute Gasteiger partial charge is 0.227 e. The van der Waals surface area contributed by atoms with Crippen molar-refractivity contribution in [1.29, 1.82) is 0 Å². The van der Waals surface area contributed by atoms with Gasteiger partial charge in [-0.15, -0.1) is 22.0 Å². The molecule has 1 aromatic heterocycles. The van der Waals surface area contributed by atoms with E-state index in [1.54, 1.807) is 11.8 Å². The molecule has 1 heterocycles. The summed E-state index contributed by atoms with van der Waals surface area (Å²) in [5.74, 6) is 2.02. The van der Waals surface area contributed by atoms with Crippen molar-refractivity contribution in [2.24, 2.45) is 5.73 Å².